The van der Waals surface area contributed by atoms with Crippen molar-refractivity contribution < 1.29 is 0 Å². The van der Waals surface area contributed by atoms with Gasteiger partial charge in [-0.1, -0.05) is 72.8 Å². The Morgan fingerprint density at radius 2 is 1.11 bits per heavy atom. The lowest BCUT2D eigenvalue weighted by Gasteiger charge is -2.04. The SMILES string of the molecule is Cc1ccc2nc3n(-c4ccccc4)c4ccccc4n3c2c1.Cn1c2ccccc2c2ccccc21. The van der Waals surface area contributed by atoms with Crippen LogP contribution in [0.3, 0.4) is 0 Å². The highest BCUT2D eigenvalue weighted by atomic mass is 15.2. The number of hydrogen-bond donors (Lipinski definition) is 0. The van der Waals surface area contributed by atoms with Crippen LogP contribution >= 0.6 is 0 Å². The normalized spacial score (nSPS) is 11.5. The zero-order chi connectivity index (χ0) is 24.9. The first-order valence-corrected chi connectivity index (χ1v) is 12.6. The van der Waals surface area contributed by atoms with Gasteiger partial charge in [0.1, 0.15) is 0 Å². The molecule has 3 aromatic heterocycles. The molecular weight excluding hydrogens is 452 g/mol. The standard InChI is InChI=1S/C20H15N3.C13H11N/c1-14-11-12-16-19(13-14)23-18-10-6-5-9-17(18)22(20(23)21-16)15-7-3-2-4-8-15;1-14-12-8-4-2-6-10(12)11-7-3-5-9-13(11)14/h2-13H,1H3;2-9H,1H3. The number of hydrogen-bond acceptors (Lipinski definition) is 1. The molecule has 4 heteroatoms. The molecule has 0 aliphatic carbocycles. The van der Waals surface area contributed by atoms with Crippen LogP contribution in [0, 0.1) is 6.92 Å². The highest BCUT2D eigenvalue weighted by Crippen LogP contribution is 2.29. The van der Waals surface area contributed by atoms with Crippen LogP contribution in [-0.2, 0) is 7.05 Å². The van der Waals surface area contributed by atoms with Crippen molar-refractivity contribution in [2.24, 2.45) is 7.05 Å². The van der Waals surface area contributed by atoms with Gasteiger partial charge in [0.05, 0.1) is 22.1 Å². The minimum atomic E-state index is 0.956. The van der Waals surface area contributed by atoms with Crippen molar-refractivity contribution in [3.05, 3.63) is 127 Å². The summed E-state index contributed by atoms with van der Waals surface area (Å²) in [4.78, 5) is 4.90. The Labute approximate surface area is 214 Å². The van der Waals surface area contributed by atoms with Gasteiger partial charge in [-0.3, -0.25) is 8.97 Å². The van der Waals surface area contributed by atoms with Crippen molar-refractivity contribution in [3.63, 3.8) is 0 Å². The number of imidazole rings is 2. The third-order valence-corrected chi connectivity index (χ3v) is 7.19. The molecule has 8 aromatic rings. The molecule has 5 aromatic carbocycles. The van der Waals surface area contributed by atoms with E-state index in [-0.39, 0.29) is 0 Å². The van der Waals surface area contributed by atoms with Crippen LogP contribution in [0.25, 0.3) is 55.3 Å². The largest absolute Gasteiger partial charge is 0.344 e. The van der Waals surface area contributed by atoms with Crippen molar-refractivity contribution in [2.45, 2.75) is 6.92 Å². The van der Waals surface area contributed by atoms with E-state index in [1.54, 1.807) is 0 Å². The Morgan fingerprint density at radius 1 is 0.541 bits per heavy atom. The van der Waals surface area contributed by atoms with E-state index in [4.69, 9.17) is 4.98 Å². The van der Waals surface area contributed by atoms with Crippen LogP contribution in [0.5, 0.6) is 0 Å². The molecule has 0 unspecified atom stereocenters. The molecule has 0 aliphatic heterocycles. The molecule has 8 rings (SSSR count). The maximum absolute atomic E-state index is 4.90. The second-order valence-corrected chi connectivity index (χ2v) is 9.49. The summed E-state index contributed by atoms with van der Waals surface area (Å²) in [5.74, 6) is 0.956. The minimum Gasteiger partial charge on any atom is -0.344 e. The van der Waals surface area contributed by atoms with Gasteiger partial charge in [0.25, 0.3) is 0 Å². The van der Waals surface area contributed by atoms with Gasteiger partial charge in [-0.15, -0.1) is 0 Å². The summed E-state index contributed by atoms with van der Waals surface area (Å²) in [6.45, 7) is 2.12. The molecule has 3 heterocycles. The summed E-state index contributed by atoms with van der Waals surface area (Å²) in [7, 11) is 2.12. The molecule has 178 valence electrons. The molecule has 0 atom stereocenters. The van der Waals surface area contributed by atoms with E-state index in [9.17, 15) is 0 Å². The molecule has 4 nitrogen and oxygen atoms in total. The third kappa shape index (κ3) is 3.34. The Bertz CT molecular complexity index is 2000. The van der Waals surface area contributed by atoms with E-state index in [0.717, 1.165) is 22.5 Å². The van der Waals surface area contributed by atoms with Crippen LogP contribution in [0.15, 0.2) is 121 Å². The second kappa shape index (κ2) is 8.38. The molecule has 0 saturated carbocycles. The van der Waals surface area contributed by atoms with E-state index in [1.165, 1.54) is 38.4 Å². The van der Waals surface area contributed by atoms with Gasteiger partial charge in [-0.05, 0) is 61.0 Å². The molecule has 0 fully saturated rings. The van der Waals surface area contributed by atoms with Crippen LogP contribution in [-0.4, -0.2) is 18.5 Å². The minimum absolute atomic E-state index is 0.956. The average Bonchev–Trinajstić information content (AvgIpc) is 3.57. The first-order chi connectivity index (χ1) is 18.2. The van der Waals surface area contributed by atoms with Gasteiger partial charge in [-0.25, -0.2) is 4.98 Å². The molecule has 0 bridgehead atoms. The van der Waals surface area contributed by atoms with E-state index in [0.29, 0.717) is 0 Å². The van der Waals surface area contributed by atoms with Gasteiger partial charge < -0.3 is 4.57 Å². The predicted octanol–water partition coefficient (Wildman–Crippen LogP) is 8.07. The Balaban J connectivity index is 0.000000141. The van der Waals surface area contributed by atoms with E-state index in [2.05, 4.69) is 143 Å². The Morgan fingerprint density at radius 3 is 1.78 bits per heavy atom. The summed E-state index contributed by atoms with van der Waals surface area (Å²) >= 11 is 0. The van der Waals surface area contributed by atoms with Gasteiger partial charge in [0, 0.05) is 34.5 Å². The van der Waals surface area contributed by atoms with E-state index < -0.39 is 0 Å². The van der Waals surface area contributed by atoms with Gasteiger partial charge in [0.15, 0.2) is 0 Å². The van der Waals surface area contributed by atoms with Gasteiger partial charge in [-0.2, -0.15) is 0 Å². The number of nitrogens with zero attached hydrogens (tertiary/aromatic N) is 4. The smallest absolute Gasteiger partial charge is 0.220 e. The fourth-order valence-electron chi connectivity index (χ4n) is 5.46. The van der Waals surface area contributed by atoms with Crippen molar-refractivity contribution in [1.82, 2.24) is 18.5 Å². The quantitative estimate of drug-likeness (QED) is 0.234. The van der Waals surface area contributed by atoms with E-state index >= 15 is 0 Å². The van der Waals surface area contributed by atoms with Crippen molar-refractivity contribution in [1.29, 1.82) is 0 Å². The maximum atomic E-state index is 4.90. The monoisotopic (exact) mass is 478 g/mol. The number of fused-ring (bicyclic) bond motifs is 8. The zero-order valence-corrected chi connectivity index (χ0v) is 20.8. The fraction of sp³-hybridized carbons (Fsp3) is 0.0606. The third-order valence-electron chi connectivity index (χ3n) is 7.19. The maximum Gasteiger partial charge on any atom is 0.220 e. The van der Waals surface area contributed by atoms with Crippen LogP contribution < -0.4 is 0 Å². The Kier molecular flexibility index (Phi) is 4.86. The van der Waals surface area contributed by atoms with Crippen LogP contribution in [0.2, 0.25) is 0 Å². The number of para-hydroxylation sites is 5. The lowest BCUT2D eigenvalue weighted by atomic mass is 10.2. The first-order valence-electron chi connectivity index (χ1n) is 12.6. The molecule has 0 spiro atoms. The number of aryl methyl sites for hydroxylation is 2. The average molecular weight is 479 g/mol. The lowest BCUT2D eigenvalue weighted by molar-refractivity contribution is 1.01. The topological polar surface area (TPSA) is 27.2 Å². The number of aromatic nitrogens is 4. The summed E-state index contributed by atoms with van der Waals surface area (Å²) < 4.78 is 6.72. The van der Waals surface area contributed by atoms with Crippen molar-refractivity contribution in [2.75, 3.05) is 0 Å². The molecular formula is C33H26N4. The summed E-state index contributed by atoms with van der Waals surface area (Å²) in [6, 6.07) is 42.3. The molecule has 0 N–H and O–H groups in total. The molecule has 0 amide bonds. The second-order valence-electron chi connectivity index (χ2n) is 9.49. The fourth-order valence-corrected chi connectivity index (χ4v) is 5.46. The molecule has 0 radical (unpaired) electrons. The van der Waals surface area contributed by atoms with Crippen LogP contribution in [0.1, 0.15) is 5.56 Å². The Hall–Kier alpha value is -4.83. The zero-order valence-electron chi connectivity index (χ0n) is 20.8. The van der Waals surface area contributed by atoms with Crippen LogP contribution in [0.4, 0.5) is 0 Å². The summed E-state index contributed by atoms with van der Waals surface area (Å²) in [5.41, 5.74) is 9.51. The summed E-state index contributed by atoms with van der Waals surface area (Å²) in [6.07, 6.45) is 0. The molecule has 0 aliphatic rings. The predicted molar refractivity (Wildman–Crippen MR) is 155 cm³/mol. The number of rotatable bonds is 1. The lowest BCUT2D eigenvalue weighted by Crippen LogP contribution is -1.94. The van der Waals surface area contributed by atoms with Crippen molar-refractivity contribution in [3.8, 4) is 5.69 Å². The van der Waals surface area contributed by atoms with Gasteiger partial charge in [0.2, 0.25) is 5.78 Å². The van der Waals surface area contributed by atoms with Gasteiger partial charge >= 0.3 is 0 Å². The number of benzene rings is 5. The molecule has 0 saturated heterocycles. The first kappa shape index (κ1) is 21.5. The molecule has 37 heavy (non-hydrogen) atoms. The highest BCUT2D eigenvalue weighted by Gasteiger charge is 2.16. The van der Waals surface area contributed by atoms with Crippen molar-refractivity contribution >= 4 is 49.7 Å². The highest BCUT2D eigenvalue weighted by molar-refractivity contribution is 6.07. The van der Waals surface area contributed by atoms with E-state index in [1.807, 2.05) is 6.07 Å². The summed E-state index contributed by atoms with van der Waals surface area (Å²) in [5, 5.41) is 2.68.